The van der Waals surface area contributed by atoms with Crippen LogP contribution in [-0.2, 0) is 9.53 Å². The van der Waals surface area contributed by atoms with Gasteiger partial charge >= 0.3 is 12.3 Å². The van der Waals surface area contributed by atoms with Crippen LogP contribution in [0.5, 0.6) is 5.75 Å². The highest BCUT2D eigenvalue weighted by atomic mass is 19.1. The van der Waals surface area contributed by atoms with E-state index in [9.17, 15) is 9.18 Å². The summed E-state index contributed by atoms with van der Waals surface area (Å²) in [7, 11) is 0. The van der Waals surface area contributed by atoms with Crippen LogP contribution in [0.2, 0.25) is 0 Å². The maximum Gasteiger partial charge on any atom is 0.381 e. The number of rotatable bonds is 4. The number of hydrogen-bond acceptors (Lipinski definition) is 4. The zero-order valence-electron chi connectivity index (χ0n) is 8.27. The molecular weight excluding hydrogens is 201 g/mol. The molecule has 2 N–H and O–H groups in total. The van der Waals surface area contributed by atoms with Crippen LogP contribution in [0.4, 0.5) is 10.1 Å². The molecular formula is C10H12FNO3. The van der Waals surface area contributed by atoms with E-state index in [1.165, 1.54) is 12.1 Å². The second-order valence-electron chi connectivity index (χ2n) is 2.75. The maximum absolute atomic E-state index is 13.0. The van der Waals surface area contributed by atoms with E-state index in [0.29, 0.717) is 5.69 Å². The molecule has 1 aromatic carbocycles. The largest absolute Gasteiger partial charge is 0.461 e. The molecule has 0 aliphatic rings. The molecule has 1 rings (SSSR count). The Morgan fingerprint density at radius 2 is 2.07 bits per heavy atom. The number of benzene rings is 1. The van der Waals surface area contributed by atoms with Crippen molar-refractivity contribution in [2.45, 2.75) is 13.3 Å². The van der Waals surface area contributed by atoms with Crippen LogP contribution in [0, 0.1) is 0 Å². The van der Waals surface area contributed by atoms with Crippen LogP contribution in [-0.4, -0.2) is 18.9 Å². The summed E-state index contributed by atoms with van der Waals surface area (Å²) in [5.74, 6) is -0.806. The molecule has 0 spiro atoms. The van der Waals surface area contributed by atoms with Gasteiger partial charge in [-0.25, -0.2) is 4.79 Å². The number of ether oxygens (including phenoxy) is 2. The van der Waals surface area contributed by atoms with Crippen LogP contribution in [0.3, 0.4) is 0 Å². The van der Waals surface area contributed by atoms with Gasteiger partial charge in [0.15, 0.2) is 0 Å². The Morgan fingerprint density at radius 1 is 1.47 bits per heavy atom. The maximum atomic E-state index is 13.0. The van der Waals surface area contributed by atoms with Gasteiger partial charge in [-0.15, -0.1) is 0 Å². The molecule has 0 aromatic heterocycles. The van der Waals surface area contributed by atoms with E-state index in [1.54, 1.807) is 19.1 Å². The number of nitrogen functional groups attached to an aromatic ring is 1. The number of carbonyl (C=O) groups excluding carboxylic acids is 1. The first-order valence-corrected chi connectivity index (χ1v) is 4.46. The van der Waals surface area contributed by atoms with E-state index in [-0.39, 0.29) is 12.4 Å². The van der Waals surface area contributed by atoms with Crippen molar-refractivity contribution in [2.24, 2.45) is 0 Å². The van der Waals surface area contributed by atoms with Gasteiger partial charge in [-0.05, 0) is 31.2 Å². The Kier molecular flexibility index (Phi) is 3.91. The minimum Gasteiger partial charge on any atom is -0.461 e. The van der Waals surface area contributed by atoms with E-state index < -0.39 is 12.3 Å². The number of alkyl halides is 1. The normalized spacial score (nSPS) is 11.9. The lowest BCUT2D eigenvalue weighted by atomic mass is 10.3. The zero-order chi connectivity index (χ0) is 11.3. The molecule has 1 aromatic rings. The fraction of sp³-hybridized carbons (Fsp3) is 0.300. The zero-order valence-corrected chi connectivity index (χ0v) is 8.27. The van der Waals surface area contributed by atoms with Crippen molar-refractivity contribution >= 4 is 11.7 Å². The van der Waals surface area contributed by atoms with Gasteiger partial charge in [-0.1, -0.05) is 0 Å². The number of halogens is 1. The molecule has 0 bridgehead atoms. The SMILES string of the molecule is CCOC(=O)C(F)Oc1ccc(N)cc1. The van der Waals surface area contributed by atoms with Gasteiger partial charge in [-0.2, -0.15) is 4.39 Å². The first-order chi connectivity index (χ1) is 7.13. The predicted octanol–water partition coefficient (Wildman–Crippen LogP) is 1.51. The Morgan fingerprint density at radius 3 is 2.60 bits per heavy atom. The lowest BCUT2D eigenvalue weighted by Crippen LogP contribution is -2.24. The number of carbonyl (C=O) groups is 1. The van der Waals surface area contributed by atoms with E-state index in [0.717, 1.165) is 0 Å². The molecule has 5 heteroatoms. The van der Waals surface area contributed by atoms with Crippen molar-refractivity contribution in [1.29, 1.82) is 0 Å². The summed E-state index contributed by atoms with van der Waals surface area (Å²) in [5, 5.41) is 0. The predicted molar refractivity (Wildman–Crippen MR) is 53.0 cm³/mol. The highest BCUT2D eigenvalue weighted by Gasteiger charge is 2.19. The van der Waals surface area contributed by atoms with Gasteiger partial charge < -0.3 is 15.2 Å². The highest BCUT2D eigenvalue weighted by Crippen LogP contribution is 2.15. The molecule has 1 atom stereocenters. The fourth-order valence-electron chi connectivity index (χ4n) is 0.922. The van der Waals surface area contributed by atoms with Crippen molar-refractivity contribution in [2.75, 3.05) is 12.3 Å². The third kappa shape index (κ3) is 3.46. The monoisotopic (exact) mass is 213 g/mol. The first kappa shape index (κ1) is 11.3. The second kappa shape index (κ2) is 5.19. The summed E-state index contributed by atoms with van der Waals surface area (Å²) >= 11 is 0. The van der Waals surface area contributed by atoms with Crippen LogP contribution >= 0.6 is 0 Å². The van der Waals surface area contributed by atoms with Crippen molar-refractivity contribution in [3.8, 4) is 5.75 Å². The number of nitrogens with two attached hydrogens (primary N) is 1. The minimum atomic E-state index is -2.10. The van der Waals surface area contributed by atoms with Crippen LogP contribution < -0.4 is 10.5 Å². The average Bonchev–Trinajstić information content (AvgIpc) is 2.22. The molecule has 1 unspecified atom stereocenters. The quantitative estimate of drug-likeness (QED) is 0.608. The van der Waals surface area contributed by atoms with Crippen molar-refractivity contribution in [3.05, 3.63) is 24.3 Å². The molecule has 4 nitrogen and oxygen atoms in total. The topological polar surface area (TPSA) is 61.5 Å². The molecule has 0 radical (unpaired) electrons. The van der Waals surface area contributed by atoms with E-state index in [4.69, 9.17) is 5.73 Å². The first-order valence-electron chi connectivity index (χ1n) is 4.46. The lowest BCUT2D eigenvalue weighted by Gasteiger charge is -2.10. The van der Waals surface area contributed by atoms with Gasteiger partial charge in [0.05, 0.1) is 6.61 Å². The molecule has 0 fully saturated rings. The molecule has 0 aliphatic heterocycles. The van der Waals surface area contributed by atoms with Gasteiger partial charge in [0.2, 0.25) is 0 Å². The lowest BCUT2D eigenvalue weighted by molar-refractivity contribution is -0.159. The molecule has 15 heavy (non-hydrogen) atoms. The molecule has 0 saturated heterocycles. The van der Waals surface area contributed by atoms with Crippen LogP contribution in [0.15, 0.2) is 24.3 Å². The Bertz CT molecular complexity index is 326. The van der Waals surface area contributed by atoms with Gasteiger partial charge in [0, 0.05) is 5.69 Å². The van der Waals surface area contributed by atoms with Crippen molar-refractivity contribution < 1.29 is 18.7 Å². The Balaban J connectivity index is 2.54. The fourth-order valence-corrected chi connectivity index (χ4v) is 0.922. The summed E-state index contributed by atoms with van der Waals surface area (Å²) in [5.41, 5.74) is 5.96. The van der Waals surface area contributed by atoms with Crippen molar-refractivity contribution in [3.63, 3.8) is 0 Å². The van der Waals surface area contributed by atoms with Crippen LogP contribution in [0.1, 0.15) is 6.92 Å². The summed E-state index contributed by atoms with van der Waals surface area (Å²) in [4.78, 5) is 10.9. The van der Waals surface area contributed by atoms with E-state index >= 15 is 0 Å². The van der Waals surface area contributed by atoms with Crippen molar-refractivity contribution in [1.82, 2.24) is 0 Å². The molecule has 0 amide bonds. The standard InChI is InChI=1S/C10H12FNO3/c1-2-14-10(13)9(11)15-8-5-3-7(12)4-6-8/h3-6,9H,2,12H2,1H3. The number of esters is 1. The molecule has 82 valence electrons. The van der Waals surface area contributed by atoms with Gasteiger partial charge in [0.1, 0.15) is 5.75 Å². The number of anilines is 1. The summed E-state index contributed by atoms with van der Waals surface area (Å²) in [6.07, 6.45) is -2.10. The third-order valence-electron chi connectivity index (χ3n) is 1.59. The summed E-state index contributed by atoms with van der Waals surface area (Å²) < 4.78 is 22.2. The minimum absolute atomic E-state index is 0.115. The van der Waals surface area contributed by atoms with Gasteiger partial charge in [-0.3, -0.25) is 0 Å². The van der Waals surface area contributed by atoms with Crippen LogP contribution in [0.25, 0.3) is 0 Å². The summed E-state index contributed by atoms with van der Waals surface area (Å²) in [6.45, 7) is 1.71. The van der Waals surface area contributed by atoms with E-state index in [2.05, 4.69) is 9.47 Å². The smallest absolute Gasteiger partial charge is 0.381 e. The third-order valence-corrected chi connectivity index (χ3v) is 1.59. The number of hydrogen-bond donors (Lipinski definition) is 1. The second-order valence-corrected chi connectivity index (χ2v) is 2.75. The average molecular weight is 213 g/mol. The molecule has 0 heterocycles. The highest BCUT2D eigenvalue weighted by molar-refractivity contribution is 5.73. The van der Waals surface area contributed by atoms with Gasteiger partial charge in [0.25, 0.3) is 0 Å². The Hall–Kier alpha value is -1.78. The summed E-state index contributed by atoms with van der Waals surface area (Å²) in [6, 6.07) is 6.04. The van der Waals surface area contributed by atoms with E-state index in [1.807, 2.05) is 0 Å². The Labute approximate surface area is 86.8 Å². The molecule has 0 aliphatic carbocycles. The molecule has 0 saturated carbocycles.